The minimum absolute atomic E-state index is 0.199. The standard InChI is InChI=1S/C21H28N4O2S/c1-2-23-11-13-3-7-15(8-4-13)27-20-19-18-14(6-10-17(22)26)5-9-16(18)28-21(19)25-12-24-20/h11-15H,2-10H2,1H3,(H2,22,26). The van der Waals surface area contributed by atoms with Crippen molar-refractivity contribution in [3.63, 3.8) is 0 Å². The molecule has 28 heavy (non-hydrogen) atoms. The fourth-order valence-electron chi connectivity index (χ4n) is 4.50. The quantitative estimate of drug-likeness (QED) is 0.711. The monoisotopic (exact) mass is 400 g/mol. The Kier molecular flexibility index (Phi) is 5.90. The van der Waals surface area contributed by atoms with E-state index in [1.165, 1.54) is 10.4 Å². The third-order valence-electron chi connectivity index (χ3n) is 5.93. The van der Waals surface area contributed by atoms with Gasteiger partial charge in [0.15, 0.2) is 0 Å². The number of nitrogens with two attached hydrogens (primary N) is 1. The molecule has 2 aliphatic carbocycles. The third-order valence-corrected chi connectivity index (χ3v) is 7.10. The van der Waals surface area contributed by atoms with Crippen LogP contribution in [-0.2, 0) is 11.2 Å². The Bertz CT molecular complexity index is 871. The lowest BCUT2D eigenvalue weighted by Crippen LogP contribution is -2.25. The summed E-state index contributed by atoms with van der Waals surface area (Å²) in [6.45, 7) is 2.93. The van der Waals surface area contributed by atoms with Crippen LogP contribution in [0.3, 0.4) is 0 Å². The number of aliphatic imine (C=N–C) groups is 1. The molecule has 0 saturated heterocycles. The maximum Gasteiger partial charge on any atom is 0.225 e. The number of hydrogen-bond acceptors (Lipinski definition) is 6. The molecule has 1 saturated carbocycles. The molecular formula is C21H28N4O2S. The molecule has 4 rings (SSSR count). The van der Waals surface area contributed by atoms with Crippen molar-refractivity contribution in [2.75, 3.05) is 6.54 Å². The van der Waals surface area contributed by atoms with Crippen molar-refractivity contribution >= 4 is 33.7 Å². The van der Waals surface area contributed by atoms with E-state index in [1.807, 2.05) is 0 Å². The van der Waals surface area contributed by atoms with Gasteiger partial charge in [-0.1, -0.05) is 0 Å². The Labute approximate surface area is 169 Å². The van der Waals surface area contributed by atoms with Gasteiger partial charge in [0.1, 0.15) is 17.3 Å². The van der Waals surface area contributed by atoms with Crippen LogP contribution in [0.4, 0.5) is 0 Å². The molecule has 1 fully saturated rings. The van der Waals surface area contributed by atoms with Gasteiger partial charge in [-0.15, -0.1) is 11.3 Å². The smallest absolute Gasteiger partial charge is 0.225 e. The molecule has 2 aliphatic rings. The summed E-state index contributed by atoms with van der Waals surface area (Å²) in [7, 11) is 0. The Balaban J connectivity index is 1.52. The molecule has 2 N–H and O–H groups in total. The molecule has 6 nitrogen and oxygen atoms in total. The van der Waals surface area contributed by atoms with Gasteiger partial charge in [-0.05, 0) is 69.3 Å². The number of aryl methyl sites for hydroxylation is 1. The van der Waals surface area contributed by atoms with Crippen molar-refractivity contribution in [3.8, 4) is 5.88 Å². The lowest BCUT2D eigenvalue weighted by atomic mass is 9.88. The Morgan fingerprint density at radius 1 is 1.32 bits per heavy atom. The van der Waals surface area contributed by atoms with Gasteiger partial charge in [-0.2, -0.15) is 0 Å². The van der Waals surface area contributed by atoms with Gasteiger partial charge in [0.05, 0.1) is 5.39 Å². The highest BCUT2D eigenvalue weighted by molar-refractivity contribution is 7.19. The Morgan fingerprint density at radius 3 is 2.89 bits per heavy atom. The lowest BCUT2D eigenvalue weighted by molar-refractivity contribution is -0.118. The van der Waals surface area contributed by atoms with Crippen LogP contribution in [0.15, 0.2) is 11.3 Å². The van der Waals surface area contributed by atoms with E-state index in [9.17, 15) is 4.79 Å². The summed E-state index contributed by atoms with van der Waals surface area (Å²) in [6.07, 6.45) is 11.6. The van der Waals surface area contributed by atoms with Crippen LogP contribution in [0.1, 0.15) is 68.2 Å². The molecule has 1 atom stereocenters. The predicted molar refractivity (Wildman–Crippen MR) is 112 cm³/mol. The van der Waals surface area contributed by atoms with Crippen molar-refractivity contribution in [2.45, 2.75) is 70.3 Å². The molecule has 0 bridgehead atoms. The number of primary amides is 1. The maximum atomic E-state index is 11.3. The van der Waals surface area contributed by atoms with Crippen molar-refractivity contribution < 1.29 is 9.53 Å². The van der Waals surface area contributed by atoms with Crippen LogP contribution in [-0.4, -0.2) is 34.7 Å². The van der Waals surface area contributed by atoms with Gasteiger partial charge in [0.25, 0.3) is 0 Å². The number of rotatable bonds is 7. The first-order valence-corrected chi connectivity index (χ1v) is 11.2. The van der Waals surface area contributed by atoms with Crippen LogP contribution in [0.5, 0.6) is 5.88 Å². The molecule has 150 valence electrons. The van der Waals surface area contributed by atoms with Crippen LogP contribution >= 0.6 is 11.3 Å². The van der Waals surface area contributed by atoms with Crippen molar-refractivity contribution in [3.05, 3.63) is 16.8 Å². The summed E-state index contributed by atoms with van der Waals surface area (Å²) in [5.74, 6) is 1.42. The molecule has 2 heterocycles. The van der Waals surface area contributed by atoms with Crippen molar-refractivity contribution in [1.29, 1.82) is 0 Å². The highest BCUT2D eigenvalue weighted by atomic mass is 32.1. The van der Waals surface area contributed by atoms with Gasteiger partial charge in [-0.3, -0.25) is 9.79 Å². The Morgan fingerprint density at radius 2 is 2.14 bits per heavy atom. The van der Waals surface area contributed by atoms with E-state index in [4.69, 9.17) is 10.5 Å². The summed E-state index contributed by atoms with van der Waals surface area (Å²) in [5.41, 5.74) is 6.68. The molecule has 0 spiro atoms. The van der Waals surface area contributed by atoms with Crippen LogP contribution in [0.2, 0.25) is 0 Å². The largest absolute Gasteiger partial charge is 0.474 e. The summed E-state index contributed by atoms with van der Waals surface area (Å²) in [6, 6.07) is 0. The van der Waals surface area contributed by atoms with Crippen molar-refractivity contribution in [1.82, 2.24) is 9.97 Å². The second-order valence-corrected chi connectivity index (χ2v) is 8.92. The van der Waals surface area contributed by atoms with Gasteiger partial charge in [0.2, 0.25) is 11.8 Å². The van der Waals surface area contributed by atoms with E-state index in [0.29, 0.717) is 18.3 Å². The predicted octanol–water partition coefficient (Wildman–Crippen LogP) is 4.01. The van der Waals surface area contributed by atoms with Crippen LogP contribution < -0.4 is 10.5 Å². The minimum Gasteiger partial charge on any atom is -0.474 e. The van der Waals surface area contributed by atoms with E-state index in [0.717, 1.165) is 67.6 Å². The van der Waals surface area contributed by atoms with Gasteiger partial charge in [0, 0.05) is 24.1 Å². The number of carbonyl (C=O) groups excluding carboxylic acids is 1. The highest BCUT2D eigenvalue weighted by Crippen LogP contribution is 2.47. The zero-order valence-electron chi connectivity index (χ0n) is 16.4. The number of aromatic nitrogens is 2. The first kappa shape index (κ1) is 19.3. The molecule has 0 radical (unpaired) electrons. The fourth-order valence-corrected chi connectivity index (χ4v) is 5.73. The SMILES string of the molecule is CCN=CC1CCC(Oc2ncnc3sc4c(c23)C(CCC(N)=O)CC4)CC1. The highest BCUT2D eigenvalue weighted by Gasteiger charge is 2.31. The molecule has 0 aliphatic heterocycles. The lowest BCUT2D eigenvalue weighted by Gasteiger charge is -2.27. The second kappa shape index (κ2) is 8.55. The summed E-state index contributed by atoms with van der Waals surface area (Å²) < 4.78 is 6.40. The molecule has 0 aromatic carbocycles. The number of thiophene rings is 1. The van der Waals surface area contributed by atoms with Gasteiger partial charge >= 0.3 is 0 Å². The number of carbonyl (C=O) groups is 1. The molecule has 2 aromatic heterocycles. The van der Waals surface area contributed by atoms with Gasteiger partial charge < -0.3 is 10.5 Å². The van der Waals surface area contributed by atoms with E-state index < -0.39 is 0 Å². The number of nitrogens with zero attached hydrogens (tertiary/aromatic N) is 3. The zero-order valence-corrected chi connectivity index (χ0v) is 17.2. The third kappa shape index (κ3) is 4.04. The molecule has 1 unspecified atom stereocenters. The van der Waals surface area contributed by atoms with Gasteiger partial charge in [-0.25, -0.2) is 9.97 Å². The normalized spacial score (nSPS) is 24.7. The molecule has 2 aromatic rings. The summed E-state index contributed by atoms with van der Waals surface area (Å²) >= 11 is 1.75. The van der Waals surface area contributed by atoms with Crippen LogP contribution in [0, 0.1) is 5.92 Å². The van der Waals surface area contributed by atoms with Crippen molar-refractivity contribution in [2.24, 2.45) is 16.6 Å². The summed E-state index contributed by atoms with van der Waals surface area (Å²) in [4.78, 5) is 27.0. The molecule has 7 heteroatoms. The molecule has 1 amide bonds. The topological polar surface area (TPSA) is 90.5 Å². The number of ether oxygens (including phenoxy) is 1. The minimum atomic E-state index is -0.232. The average Bonchev–Trinajstić information content (AvgIpc) is 3.25. The first-order chi connectivity index (χ1) is 13.7. The Hall–Kier alpha value is -2.02. The van der Waals surface area contributed by atoms with E-state index in [1.54, 1.807) is 17.7 Å². The summed E-state index contributed by atoms with van der Waals surface area (Å²) in [5, 5.41) is 1.07. The number of amides is 1. The fraction of sp³-hybridized carbons (Fsp3) is 0.619. The first-order valence-electron chi connectivity index (χ1n) is 10.4. The number of fused-ring (bicyclic) bond motifs is 3. The number of hydrogen-bond donors (Lipinski definition) is 1. The zero-order chi connectivity index (χ0) is 19.5. The maximum absolute atomic E-state index is 11.3. The van der Waals surface area contributed by atoms with E-state index >= 15 is 0 Å². The molecular weight excluding hydrogens is 372 g/mol. The average molecular weight is 401 g/mol. The van der Waals surface area contributed by atoms with Crippen LogP contribution in [0.25, 0.3) is 10.2 Å². The second-order valence-electron chi connectivity index (χ2n) is 7.84. The van der Waals surface area contributed by atoms with E-state index in [2.05, 4.69) is 28.1 Å². The van der Waals surface area contributed by atoms with E-state index in [-0.39, 0.29) is 12.0 Å².